The lowest BCUT2D eigenvalue weighted by Gasteiger charge is -2.19. The van der Waals surface area contributed by atoms with Crippen molar-refractivity contribution < 1.29 is 9.53 Å². The third kappa shape index (κ3) is 12.5. The van der Waals surface area contributed by atoms with Crippen LogP contribution in [0.3, 0.4) is 0 Å². The number of hydrogen-bond donors (Lipinski definition) is 0. The van der Waals surface area contributed by atoms with Crippen LogP contribution in [0.4, 0.5) is 0 Å². The van der Waals surface area contributed by atoms with Crippen molar-refractivity contribution in [1.82, 2.24) is 0 Å². The van der Waals surface area contributed by atoms with Crippen LogP contribution in [0.15, 0.2) is 0 Å². The Labute approximate surface area is 126 Å². The molecule has 0 N–H and O–H groups in total. The molecule has 0 aromatic carbocycles. The summed E-state index contributed by atoms with van der Waals surface area (Å²) in [6.07, 6.45) is 15.0. The van der Waals surface area contributed by atoms with Crippen LogP contribution in [0.1, 0.15) is 98.3 Å². The third-order valence-corrected chi connectivity index (χ3v) is 4.17. The van der Waals surface area contributed by atoms with Crippen molar-refractivity contribution in [2.45, 2.75) is 104 Å². The first-order valence-electron chi connectivity index (χ1n) is 8.75. The molecular weight excluding hydrogens is 248 g/mol. The van der Waals surface area contributed by atoms with E-state index < -0.39 is 0 Å². The third-order valence-electron chi connectivity index (χ3n) is 4.17. The molecule has 20 heavy (non-hydrogen) atoms. The van der Waals surface area contributed by atoms with E-state index in [1.165, 1.54) is 77.6 Å². The lowest BCUT2D eigenvalue weighted by atomic mass is 9.97. The Morgan fingerprint density at radius 2 is 1.30 bits per heavy atom. The largest absolute Gasteiger partial charge is 0.463 e. The molecule has 0 saturated heterocycles. The summed E-state index contributed by atoms with van der Waals surface area (Å²) in [5, 5.41) is 0. The van der Waals surface area contributed by atoms with Gasteiger partial charge in [-0.05, 0) is 19.3 Å². The van der Waals surface area contributed by atoms with Crippen molar-refractivity contribution in [1.29, 1.82) is 0 Å². The zero-order valence-electron chi connectivity index (χ0n) is 14.2. The zero-order chi connectivity index (χ0) is 15.2. The van der Waals surface area contributed by atoms with Gasteiger partial charge in [-0.15, -0.1) is 0 Å². The molecule has 0 aromatic rings. The van der Waals surface area contributed by atoms with Crippen LogP contribution < -0.4 is 0 Å². The normalized spacial score (nSPS) is 14.0. The lowest BCUT2D eigenvalue weighted by Crippen LogP contribution is -2.20. The summed E-state index contributed by atoms with van der Waals surface area (Å²) < 4.78 is 5.22. The first-order chi connectivity index (χ1) is 9.57. The van der Waals surface area contributed by atoms with E-state index >= 15 is 0 Å². The Kier molecular flexibility index (Phi) is 13.1. The molecule has 0 aliphatic heterocycles. The number of esters is 1. The molecule has 0 heterocycles. The van der Waals surface area contributed by atoms with Crippen molar-refractivity contribution >= 4 is 5.97 Å². The van der Waals surface area contributed by atoms with Crippen LogP contribution >= 0.6 is 0 Å². The smallest absolute Gasteiger partial charge is 0.302 e. The Morgan fingerprint density at radius 3 is 1.75 bits per heavy atom. The molecule has 0 aromatic heterocycles. The molecule has 0 amide bonds. The zero-order valence-corrected chi connectivity index (χ0v) is 14.2. The van der Waals surface area contributed by atoms with E-state index in [9.17, 15) is 4.79 Å². The van der Waals surface area contributed by atoms with Crippen LogP contribution in [0, 0.1) is 5.92 Å². The maximum absolute atomic E-state index is 10.9. The minimum atomic E-state index is -0.160. The van der Waals surface area contributed by atoms with Crippen LogP contribution in [-0.4, -0.2) is 12.1 Å². The molecule has 2 nitrogen and oxygen atoms in total. The second-order valence-electron chi connectivity index (χ2n) is 6.26. The minimum Gasteiger partial charge on any atom is -0.463 e. The fourth-order valence-corrected chi connectivity index (χ4v) is 2.57. The quantitative estimate of drug-likeness (QED) is 0.311. The molecule has 0 rings (SSSR count). The highest BCUT2D eigenvalue weighted by Gasteiger charge is 2.14. The average Bonchev–Trinajstić information content (AvgIpc) is 2.39. The molecule has 0 bridgehead atoms. The summed E-state index contributed by atoms with van der Waals surface area (Å²) in [5.41, 5.74) is 0. The summed E-state index contributed by atoms with van der Waals surface area (Å²) in [7, 11) is 0. The number of rotatable bonds is 13. The molecule has 120 valence electrons. The Morgan fingerprint density at radius 1 is 0.850 bits per heavy atom. The summed E-state index contributed by atoms with van der Waals surface area (Å²) in [6.45, 7) is 7.94. The summed E-state index contributed by atoms with van der Waals surface area (Å²) in [6, 6.07) is 0. The highest BCUT2D eigenvalue weighted by Crippen LogP contribution is 2.17. The van der Waals surface area contributed by atoms with Gasteiger partial charge >= 0.3 is 5.97 Å². The van der Waals surface area contributed by atoms with Gasteiger partial charge in [-0.2, -0.15) is 0 Å². The molecule has 0 spiro atoms. The first kappa shape index (κ1) is 19.5. The van der Waals surface area contributed by atoms with Crippen LogP contribution in [0.25, 0.3) is 0 Å². The van der Waals surface area contributed by atoms with Gasteiger partial charge in [0.15, 0.2) is 0 Å². The van der Waals surface area contributed by atoms with Crippen LogP contribution in [0.5, 0.6) is 0 Å². The molecule has 0 fully saturated rings. The van der Waals surface area contributed by atoms with Gasteiger partial charge in [0.1, 0.15) is 6.10 Å². The second kappa shape index (κ2) is 13.5. The van der Waals surface area contributed by atoms with Gasteiger partial charge in [-0.25, -0.2) is 0 Å². The van der Waals surface area contributed by atoms with Gasteiger partial charge < -0.3 is 4.74 Å². The van der Waals surface area contributed by atoms with E-state index in [0.29, 0.717) is 5.92 Å². The molecule has 2 heteroatoms. The van der Waals surface area contributed by atoms with Gasteiger partial charge in [0, 0.05) is 6.92 Å². The number of ether oxygens (including phenoxy) is 1. The maximum Gasteiger partial charge on any atom is 0.302 e. The van der Waals surface area contributed by atoms with E-state index in [1.807, 2.05) is 6.92 Å². The highest BCUT2D eigenvalue weighted by molar-refractivity contribution is 5.66. The van der Waals surface area contributed by atoms with E-state index in [0.717, 1.165) is 0 Å². The number of unbranched alkanes of at least 4 members (excludes halogenated alkanes) is 9. The second-order valence-corrected chi connectivity index (χ2v) is 6.26. The predicted molar refractivity (Wildman–Crippen MR) is 86.9 cm³/mol. The van der Waals surface area contributed by atoms with Gasteiger partial charge in [-0.3, -0.25) is 4.79 Å². The highest BCUT2D eigenvalue weighted by atomic mass is 16.5. The van der Waals surface area contributed by atoms with Crippen LogP contribution in [-0.2, 0) is 9.53 Å². The van der Waals surface area contributed by atoms with Crippen LogP contribution in [0.2, 0.25) is 0 Å². The lowest BCUT2D eigenvalue weighted by molar-refractivity contribution is -0.147. The van der Waals surface area contributed by atoms with Crippen molar-refractivity contribution in [3.63, 3.8) is 0 Å². The van der Waals surface area contributed by atoms with Crippen molar-refractivity contribution in [3.8, 4) is 0 Å². The number of hydrogen-bond acceptors (Lipinski definition) is 2. The van der Waals surface area contributed by atoms with Gasteiger partial charge in [0.05, 0.1) is 0 Å². The Balaban J connectivity index is 3.28. The maximum atomic E-state index is 10.9. The summed E-state index contributed by atoms with van der Waals surface area (Å²) in [4.78, 5) is 10.9. The van der Waals surface area contributed by atoms with Gasteiger partial charge in [0.2, 0.25) is 0 Å². The van der Waals surface area contributed by atoms with Crippen molar-refractivity contribution in [2.24, 2.45) is 5.92 Å². The summed E-state index contributed by atoms with van der Waals surface area (Å²) in [5.74, 6) is 0.320. The van der Waals surface area contributed by atoms with Crippen molar-refractivity contribution in [2.75, 3.05) is 0 Å². The monoisotopic (exact) mass is 284 g/mol. The first-order valence-corrected chi connectivity index (χ1v) is 8.75. The van der Waals surface area contributed by atoms with Gasteiger partial charge in [0.25, 0.3) is 0 Å². The molecule has 0 unspecified atom stereocenters. The predicted octanol–water partition coefficient (Wildman–Crippen LogP) is 5.89. The fourth-order valence-electron chi connectivity index (χ4n) is 2.57. The van der Waals surface area contributed by atoms with Gasteiger partial charge in [-0.1, -0.05) is 78.1 Å². The fraction of sp³-hybridized carbons (Fsp3) is 0.944. The number of carbonyl (C=O) groups is 1. The van der Waals surface area contributed by atoms with E-state index in [1.54, 1.807) is 0 Å². The molecular formula is C18H36O2. The van der Waals surface area contributed by atoms with E-state index in [4.69, 9.17) is 4.74 Å². The van der Waals surface area contributed by atoms with Crippen molar-refractivity contribution in [3.05, 3.63) is 0 Å². The molecule has 0 saturated carbocycles. The van der Waals surface area contributed by atoms with E-state index in [2.05, 4.69) is 13.8 Å². The SMILES string of the molecule is CCCCCCCCCCCC[C@H](C)[C@H](C)OC(C)=O. The molecule has 0 radical (unpaired) electrons. The molecule has 0 aliphatic rings. The standard InChI is InChI=1S/C18H36O2/c1-5-6-7-8-9-10-11-12-13-14-15-16(2)17(3)20-18(4)19/h16-17H,5-15H2,1-4H3/t16-,17-/m0/s1. The molecule has 2 atom stereocenters. The van der Waals surface area contributed by atoms with E-state index in [-0.39, 0.29) is 12.1 Å². The number of carbonyl (C=O) groups excluding carboxylic acids is 1. The Hall–Kier alpha value is -0.530. The average molecular weight is 284 g/mol. The topological polar surface area (TPSA) is 26.3 Å². The Bertz CT molecular complexity index is 225. The minimum absolute atomic E-state index is 0.0612. The molecule has 0 aliphatic carbocycles. The summed E-state index contributed by atoms with van der Waals surface area (Å²) >= 11 is 0.